The van der Waals surface area contributed by atoms with E-state index in [1.807, 2.05) is 25.8 Å². The molecule has 0 aromatic heterocycles. The minimum absolute atomic E-state index is 0. The molecule has 0 spiro atoms. The van der Waals surface area contributed by atoms with E-state index in [-0.39, 0.29) is 18.3 Å². The number of hydrogen-bond acceptors (Lipinski definition) is 3. The van der Waals surface area contributed by atoms with Crippen LogP contribution in [0.1, 0.15) is 50.7 Å². The summed E-state index contributed by atoms with van der Waals surface area (Å²) in [6.07, 6.45) is 1.82. The first-order chi connectivity index (χ1) is 11.4. The van der Waals surface area contributed by atoms with Gasteiger partial charge in [0.1, 0.15) is 5.75 Å². The molecular weight excluding hydrogens is 336 g/mol. The number of carbonyl (C=O) groups excluding carboxylic acids is 1. The van der Waals surface area contributed by atoms with Crippen LogP contribution in [0.25, 0.3) is 0 Å². The summed E-state index contributed by atoms with van der Waals surface area (Å²) >= 11 is 0. The van der Waals surface area contributed by atoms with Gasteiger partial charge >= 0.3 is 0 Å². The zero-order chi connectivity index (χ0) is 17.7. The van der Waals surface area contributed by atoms with E-state index >= 15 is 0 Å². The quantitative estimate of drug-likeness (QED) is 0.831. The van der Waals surface area contributed by atoms with Crippen molar-refractivity contribution in [2.45, 2.75) is 52.6 Å². The molecule has 1 aliphatic heterocycles. The summed E-state index contributed by atoms with van der Waals surface area (Å²) < 4.78 is 6.04. The third-order valence-electron chi connectivity index (χ3n) is 4.85. The molecule has 25 heavy (non-hydrogen) atoms. The van der Waals surface area contributed by atoms with E-state index in [1.165, 1.54) is 12.0 Å². The van der Waals surface area contributed by atoms with Crippen molar-refractivity contribution < 1.29 is 9.53 Å². The van der Waals surface area contributed by atoms with Gasteiger partial charge in [-0.15, -0.1) is 12.4 Å². The normalized spacial score (nSPS) is 18.6. The van der Waals surface area contributed by atoms with Crippen LogP contribution in [0.15, 0.2) is 18.2 Å². The Morgan fingerprint density at radius 2 is 2.08 bits per heavy atom. The highest BCUT2D eigenvalue weighted by molar-refractivity contribution is 5.85. The Bertz CT molecular complexity index is 561. The zero-order valence-electron chi connectivity index (χ0n) is 16.2. The lowest BCUT2D eigenvalue weighted by molar-refractivity contribution is -0.139. The summed E-state index contributed by atoms with van der Waals surface area (Å²) in [6.45, 7) is 10.9. The smallest absolute Gasteiger partial charge is 0.263 e. The number of hydrogen-bond donors (Lipinski definition) is 1. The number of piperidine rings is 1. The highest BCUT2D eigenvalue weighted by Crippen LogP contribution is 2.26. The largest absolute Gasteiger partial charge is 0.481 e. The minimum atomic E-state index is -0.445. The van der Waals surface area contributed by atoms with Gasteiger partial charge in [-0.1, -0.05) is 26.0 Å². The monoisotopic (exact) mass is 368 g/mol. The molecule has 2 rings (SSSR count). The van der Waals surface area contributed by atoms with E-state index < -0.39 is 6.10 Å². The third-order valence-corrected chi connectivity index (χ3v) is 4.85. The average molecular weight is 369 g/mol. The summed E-state index contributed by atoms with van der Waals surface area (Å²) in [6, 6.07) is 6.28. The lowest BCUT2D eigenvalue weighted by atomic mass is 9.97. The fourth-order valence-corrected chi connectivity index (χ4v) is 3.32. The van der Waals surface area contributed by atoms with Crippen LogP contribution in [0, 0.1) is 12.8 Å². The van der Waals surface area contributed by atoms with E-state index in [4.69, 9.17) is 4.74 Å². The van der Waals surface area contributed by atoms with E-state index in [1.54, 1.807) is 0 Å². The first-order valence-electron chi connectivity index (χ1n) is 9.13. The number of rotatable bonds is 6. The van der Waals surface area contributed by atoms with Gasteiger partial charge in [0.05, 0.1) is 0 Å². The molecule has 2 atom stereocenters. The fraction of sp³-hybridized carbons (Fsp3) is 0.650. The van der Waals surface area contributed by atoms with Gasteiger partial charge < -0.3 is 15.0 Å². The van der Waals surface area contributed by atoms with E-state index in [9.17, 15) is 4.79 Å². The SMILES string of the molecule is CNCC1CCCN(C(=O)C(C)Oc2cc(C(C)C)ccc2C)C1.Cl. The molecule has 1 aromatic carbocycles. The molecule has 1 saturated heterocycles. The second kappa shape index (κ2) is 10.0. The molecule has 5 heteroatoms. The van der Waals surface area contributed by atoms with Gasteiger partial charge in [0.2, 0.25) is 0 Å². The van der Waals surface area contributed by atoms with Crippen LogP contribution in [-0.2, 0) is 4.79 Å². The molecule has 1 heterocycles. The molecular formula is C20H33ClN2O2. The van der Waals surface area contributed by atoms with Gasteiger partial charge in [0, 0.05) is 13.1 Å². The van der Waals surface area contributed by atoms with Gasteiger partial charge in [0.25, 0.3) is 5.91 Å². The van der Waals surface area contributed by atoms with Crippen LogP contribution in [0.4, 0.5) is 0 Å². The molecule has 1 aliphatic rings. The van der Waals surface area contributed by atoms with Crippen LogP contribution in [0.5, 0.6) is 5.75 Å². The standard InChI is InChI=1S/C20H32N2O2.ClH/c1-14(2)18-9-8-15(3)19(11-18)24-16(4)20(23)22-10-6-7-17(13-22)12-21-5;/h8-9,11,14,16-17,21H,6-7,10,12-13H2,1-5H3;1H. The van der Waals surface area contributed by atoms with Crippen molar-refractivity contribution in [2.75, 3.05) is 26.7 Å². The van der Waals surface area contributed by atoms with Crippen molar-refractivity contribution in [3.63, 3.8) is 0 Å². The molecule has 4 nitrogen and oxygen atoms in total. The maximum atomic E-state index is 12.8. The number of benzene rings is 1. The molecule has 0 aliphatic carbocycles. The van der Waals surface area contributed by atoms with Crippen molar-refractivity contribution in [1.29, 1.82) is 0 Å². The molecule has 1 fully saturated rings. The summed E-state index contributed by atoms with van der Waals surface area (Å²) in [4.78, 5) is 14.7. The Hall–Kier alpha value is -1.26. The Balaban J connectivity index is 0.00000312. The number of aryl methyl sites for hydroxylation is 1. The topological polar surface area (TPSA) is 41.6 Å². The lowest BCUT2D eigenvalue weighted by Crippen LogP contribution is -2.47. The van der Waals surface area contributed by atoms with Crippen LogP contribution in [-0.4, -0.2) is 43.6 Å². The van der Waals surface area contributed by atoms with Gasteiger partial charge in [-0.05, 0) is 69.3 Å². The second-order valence-electron chi connectivity index (χ2n) is 7.29. The maximum Gasteiger partial charge on any atom is 0.263 e. The number of nitrogens with zero attached hydrogens (tertiary/aromatic N) is 1. The lowest BCUT2D eigenvalue weighted by Gasteiger charge is -2.34. The number of halogens is 1. The number of carbonyl (C=O) groups is 1. The van der Waals surface area contributed by atoms with Crippen LogP contribution in [0.2, 0.25) is 0 Å². The molecule has 2 unspecified atom stereocenters. The highest BCUT2D eigenvalue weighted by Gasteiger charge is 2.27. The molecule has 0 bridgehead atoms. The predicted molar refractivity (Wildman–Crippen MR) is 106 cm³/mol. The Kier molecular flexibility index (Phi) is 8.74. The molecule has 0 saturated carbocycles. The number of nitrogens with one attached hydrogen (secondary N) is 1. The van der Waals surface area contributed by atoms with Gasteiger partial charge in [0.15, 0.2) is 6.10 Å². The highest BCUT2D eigenvalue weighted by atomic mass is 35.5. The Labute approximate surface area is 158 Å². The fourth-order valence-electron chi connectivity index (χ4n) is 3.32. The van der Waals surface area contributed by atoms with Crippen LogP contribution < -0.4 is 10.1 Å². The molecule has 1 aromatic rings. The van der Waals surface area contributed by atoms with E-state index in [0.717, 1.165) is 37.4 Å². The van der Waals surface area contributed by atoms with Crippen molar-refractivity contribution in [3.8, 4) is 5.75 Å². The van der Waals surface area contributed by atoms with Gasteiger partial charge in [-0.25, -0.2) is 0 Å². The minimum Gasteiger partial charge on any atom is -0.481 e. The molecule has 0 radical (unpaired) electrons. The first-order valence-corrected chi connectivity index (χ1v) is 9.13. The van der Waals surface area contributed by atoms with Gasteiger partial charge in [-0.2, -0.15) is 0 Å². The Morgan fingerprint density at radius 1 is 1.36 bits per heavy atom. The number of ether oxygens (including phenoxy) is 1. The zero-order valence-corrected chi connectivity index (χ0v) is 17.0. The van der Waals surface area contributed by atoms with Crippen molar-refractivity contribution in [2.24, 2.45) is 5.92 Å². The number of amides is 1. The number of likely N-dealkylation sites (tertiary alicyclic amines) is 1. The van der Waals surface area contributed by atoms with E-state index in [2.05, 4.69) is 37.4 Å². The maximum absolute atomic E-state index is 12.8. The summed E-state index contributed by atoms with van der Waals surface area (Å²) in [5.74, 6) is 1.92. The van der Waals surface area contributed by atoms with Crippen molar-refractivity contribution >= 4 is 18.3 Å². The Morgan fingerprint density at radius 3 is 2.72 bits per heavy atom. The second-order valence-corrected chi connectivity index (χ2v) is 7.29. The van der Waals surface area contributed by atoms with Crippen LogP contribution >= 0.6 is 12.4 Å². The van der Waals surface area contributed by atoms with Crippen molar-refractivity contribution in [1.82, 2.24) is 10.2 Å². The van der Waals surface area contributed by atoms with Crippen molar-refractivity contribution in [3.05, 3.63) is 29.3 Å². The molecule has 1 amide bonds. The average Bonchev–Trinajstić information content (AvgIpc) is 2.56. The molecule has 1 N–H and O–H groups in total. The summed E-state index contributed by atoms with van der Waals surface area (Å²) in [5, 5.41) is 3.22. The first kappa shape index (κ1) is 21.8. The van der Waals surface area contributed by atoms with Crippen LogP contribution in [0.3, 0.4) is 0 Å². The molecule has 142 valence electrons. The van der Waals surface area contributed by atoms with Gasteiger partial charge in [-0.3, -0.25) is 4.79 Å². The summed E-state index contributed by atoms with van der Waals surface area (Å²) in [5.41, 5.74) is 2.31. The van der Waals surface area contributed by atoms with E-state index in [0.29, 0.717) is 11.8 Å². The predicted octanol–water partition coefficient (Wildman–Crippen LogP) is 3.77. The summed E-state index contributed by atoms with van der Waals surface area (Å²) in [7, 11) is 1.97. The third kappa shape index (κ3) is 5.89.